The van der Waals surface area contributed by atoms with Crippen LogP contribution in [0.3, 0.4) is 0 Å². The third kappa shape index (κ3) is 5.40. The third-order valence-electron chi connectivity index (χ3n) is 3.49. The van der Waals surface area contributed by atoms with Crippen LogP contribution in [-0.4, -0.2) is 51.7 Å². The van der Waals surface area contributed by atoms with Crippen molar-refractivity contribution < 1.29 is 22.7 Å². The Labute approximate surface area is 137 Å². The van der Waals surface area contributed by atoms with Gasteiger partial charge in [-0.3, -0.25) is 4.79 Å². The van der Waals surface area contributed by atoms with E-state index < -0.39 is 15.9 Å². The van der Waals surface area contributed by atoms with Gasteiger partial charge in [0.2, 0.25) is 15.9 Å². The standard InChI is InChI=1S/C15H24N2O5S/c1-6-11(2)17(23(5,19)20)10-15(18)16-13-9-12(21-3)7-8-14(13)22-4/h7-9,11H,6,10H2,1-5H3,(H,16,18). The molecule has 1 N–H and O–H groups in total. The van der Waals surface area contributed by atoms with Gasteiger partial charge in [-0.05, 0) is 25.5 Å². The average molecular weight is 344 g/mol. The van der Waals surface area contributed by atoms with Crippen LogP contribution in [0.25, 0.3) is 0 Å². The van der Waals surface area contributed by atoms with Crippen LogP contribution in [0.4, 0.5) is 5.69 Å². The average Bonchev–Trinajstić information content (AvgIpc) is 2.50. The van der Waals surface area contributed by atoms with Crippen molar-refractivity contribution in [2.75, 3.05) is 32.3 Å². The Morgan fingerprint density at radius 3 is 2.43 bits per heavy atom. The van der Waals surface area contributed by atoms with Crippen LogP contribution in [0.1, 0.15) is 20.3 Å². The van der Waals surface area contributed by atoms with Crippen molar-refractivity contribution in [1.29, 1.82) is 0 Å². The fourth-order valence-electron chi connectivity index (χ4n) is 2.05. The zero-order valence-electron chi connectivity index (χ0n) is 14.1. The van der Waals surface area contributed by atoms with Gasteiger partial charge < -0.3 is 14.8 Å². The van der Waals surface area contributed by atoms with Crippen LogP contribution in [0.5, 0.6) is 11.5 Å². The minimum Gasteiger partial charge on any atom is -0.497 e. The molecule has 0 fully saturated rings. The highest BCUT2D eigenvalue weighted by Crippen LogP contribution is 2.28. The second kappa shape index (κ2) is 8.16. The number of hydrogen-bond donors (Lipinski definition) is 1. The van der Waals surface area contributed by atoms with Crippen molar-refractivity contribution in [3.8, 4) is 11.5 Å². The molecule has 23 heavy (non-hydrogen) atoms. The number of nitrogens with one attached hydrogen (secondary N) is 1. The number of benzene rings is 1. The van der Waals surface area contributed by atoms with Crippen LogP contribution >= 0.6 is 0 Å². The van der Waals surface area contributed by atoms with Gasteiger partial charge in [0.15, 0.2) is 0 Å². The summed E-state index contributed by atoms with van der Waals surface area (Å²) in [6, 6.07) is 4.72. The first-order chi connectivity index (χ1) is 10.7. The molecule has 0 aliphatic rings. The predicted octanol–water partition coefficient (Wildman–Crippen LogP) is 1.70. The van der Waals surface area contributed by atoms with Crippen LogP contribution in [-0.2, 0) is 14.8 Å². The Balaban J connectivity index is 2.94. The van der Waals surface area contributed by atoms with Gasteiger partial charge in [-0.15, -0.1) is 0 Å². The fraction of sp³-hybridized carbons (Fsp3) is 0.533. The zero-order valence-corrected chi connectivity index (χ0v) is 14.9. The first kappa shape index (κ1) is 19.2. The quantitative estimate of drug-likeness (QED) is 0.776. The first-order valence-corrected chi connectivity index (χ1v) is 9.06. The van der Waals surface area contributed by atoms with Crippen molar-refractivity contribution in [3.63, 3.8) is 0 Å². The highest BCUT2D eigenvalue weighted by atomic mass is 32.2. The molecular formula is C15H24N2O5S. The monoisotopic (exact) mass is 344 g/mol. The highest BCUT2D eigenvalue weighted by Gasteiger charge is 2.25. The molecule has 0 aliphatic carbocycles. The van der Waals surface area contributed by atoms with Gasteiger partial charge in [0, 0.05) is 12.1 Å². The summed E-state index contributed by atoms with van der Waals surface area (Å²) < 4.78 is 35.2. The molecule has 1 aromatic carbocycles. The molecule has 7 nitrogen and oxygen atoms in total. The van der Waals surface area contributed by atoms with E-state index in [1.807, 2.05) is 6.92 Å². The van der Waals surface area contributed by atoms with E-state index in [2.05, 4.69) is 5.32 Å². The maximum absolute atomic E-state index is 12.2. The van der Waals surface area contributed by atoms with Gasteiger partial charge in [-0.25, -0.2) is 8.42 Å². The van der Waals surface area contributed by atoms with E-state index >= 15 is 0 Å². The van der Waals surface area contributed by atoms with E-state index in [0.717, 1.165) is 6.26 Å². The van der Waals surface area contributed by atoms with Crippen LogP contribution in [0, 0.1) is 0 Å². The first-order valence-electron chi connectivity index (χ1n) is 7.21. The molecule has 1 unspecified atom stereocenters. The zero-order chi connectivity index (χ0) is 17.6. The number of methoxy groups -OCH3 is 2. The minimum atomic E-state index is -3.48. The lowest BCUT2D eigenvalue weighted by molar-refractivity contribution is -0.116. The molecule has 130 valence electrons. The van der Waals surface area contributed by atoms with Crippen molar-refractivity contribution in [2.24, 2.45) is 0 Å². The van der Waals surface area contributed by atoms with Gasteiger partial charge in [0.1, 0.15) is 11.5 Å². The van der Waals surface area contributed by atoms with Gasteiger partial charge in [0.05, 0.1) is 32.7 Å². The van der Waals surface area contributed by atoms with Crippen LogP contribution in [0.15, 0.2) is 18.2 Å². The summed E-state index contributed by atoms with van der Waals surface area (Å²) in [7, 11) is -0.474. The summed E-state index contributed by atoms with van der Waals surface area (Å²) in [5.41, 5.74) is 0.425. The molecule has 0 saturated carbocycles. The molecule has 8 heteroatoms. The Bertz CT molecular complexity index is 645. The van der Waals surface area contributed by atoms with E-state index in [9.17, 15) is 13.2 Å². The lowest BCUT2D eigenvalue weighted by Crippen LogP contribution is -2.42. The summed E-state index contributed by atoms with van der Waals surface area (Å²) >= 11 is 0. The molecule has 1 rings (SSSR count). The topological polar surface area (TPSA) is 84.9 Å². The van der Waals surface area contributed by atoms with E-state index in [-0.39, 0.29) is 12.6 Å². The highest BCUT2D eigenvalue weighted by molar-refractivity contribution is 7.88. The molecule has 0 aromatic heterocycles. The maximum atomic E-state index is 12.2. The molecule has 1 aromatic rings. The van der Waals surface area contributed by atoms with E-state index in [4.69, 9.17) is 9.47 Å². The Hall–Kier alpha value is -1.80. The SMILES string of the molecule is CCC(C)N(CC(=O)Nc1cc(OC)ccc1OC)S(C)(=O)=O. The number of carbonyl (C=O) groups is 1. The Kier molecular flexibility index (Phi) is 6.83. The number of rotatable bonds is 8. The van der Waals surface area contributed by atoms with Crippen molar-refractivity contribution in [2.45, 2.75) is 26.3 Å². The second-order valence-electron chi connectivity index (χ2n) is 5.18. The number of hydrogen-bond acceptors (Lipinski definition) is 5. The summed E-state index contributed by atoms with van der Waals surface area (Å²) in [6.45, 7) is 3.38. The summed E-state index contributed by atoms with van der Waals surface area (Å²) in [5.74, 6) is 0.582. The largest absolute Gasteiger partial charge is 0.497 e. The summed E-state index contributed by atoms with van der Waals surface area (Å²) in [4.78, 5) is 12.2. The van der Waals surface area contributed by atoms with Crippen LogP contribution < -0.4 is 14.8 Å². The minimum absolute atomic E-state index is 0.256. The number of carbonyl (C=O) groups excluding carboxylic acids is 1. The van der Waals surface area contributed by atoms with Gasteiger partial charge in [-0.2, -0.15) is 4.31 Å². The predicted molar refractivity (Wildman–Crippen MR) is 89.5 cm³/mol. The van der Waals surface area contributed by atoms with Crippen LogP contribution in [0.2, 0.25) is 0 Å². The van der Waals surface area contributed by atoms with E-state index in [0.29, 0.717) is 23.6 Å². The lowest BCUT2D eigenvalue weighted by atomic mass is 10.2. The third-order valence-corrected chi connectivity index (χ3v) is 4.83. The molecule has 0 aliphatic heterocycles. The van der Waals surface area contributed by atoms with Gasteiger partial charge in [-0.1, -0.05) is 6.92 Å². The number of anilines is 1. The van der Waals surface area contributed by atoms with E-state index in [1.165, 1.54) is 18.5 Å². The Morgan fingerprint density at radius 1 is 1.30 bits per heavy atom. The van der Waals surface area contributed by atoms with Crippen molar-refractivity contribution in [1.82, 2.24) is 4.31 Å². The lowest BCUT2D eigenvalue weighted by Gasteiger charge is -2.25. The van der Waals surface area contributed by atoms with Crippen molar-refractivity contribution >= 4 is 21.6 Å². The van der Waals surface area contributed by atoms with Gasteiger partial charge in [0.25, 0.3) is 0 Å². The smallest absolute Gasteiger partial charge is 0.239 e. The number of amides is 1. The number of sulfonamides is 1. The van der Waals surface area contributed by atoms with Crippen molar-refractivity contribution in [3.05, 3.63) is 18.2 Å². The number of ether oxygens (including phenoxy) is 2. The summed E-state index contributed by atoms with van der Waals surface area (Å²) in [6.07, 6.45) is 1.71. The molecule has 0 spiro atoms. The fourth-order valence-corrected chi connectivity index (χ4v) is 3.20. The summed E-state index contributed by atoms with van der Waals surface area (Å²) in [5, 5.41) is 2.67. The molecule has 0 saturated heterocycles. The van der Waals surface area contributed by atoms with Gasteiger partial charge >= 0.3 is 0 Å². The molecule has 1 atom stereocenters. The molecule has 1 amide bonds. The van der Waals surface area contributed by atoms with E-state index in [1.54, 1.807) is 25.1 Å². The number of nitrogens with zero attached hydrogens (tertiary/aromatic N) is 1. The molecule has 0 bridgehead atoms. The second-order valence-corrected chi connectivity index (χ2v) is 7.11. The molecule has 0 heterocycles. The normalized spacial score (nSPS) is 12.8. The maximum Gasteiger partial charge on any atom is 0.239 e. The molecule has 0 radical (unpaired) electrons. The Morgan fingerprint density at radius 2 is 1.96 bits per heavy atom. The molecular weight excluding hydrogens is 320 g/mol.